The second-order valence-electron chi connectivity index (χ2n) is 22.1. The van der Waals surface area contributed by atoms with Crippen LogP contribution in [0.4, 0.5) is 0 Å². The van der Waals surface area contributed by atoms with Gasteiger partial charge in [-0.15, -0.1) is 29.7 Å². The summed E-state index contributed by atoms with van der Waals surface area (Å²) in [5, 5.41) is 2.22. The van der Waals surface area contributed by atoms with Crippen molar-refractivity contribution in [2.45, 2.75) is 78.6 Å². The molecule has 8 aromatic carbocycles. The fourth-order valence-electron chi connectivity index (χ4n) is 10.5. The minimum atomic E-state index is -0.203. The average Bonchev–Trinajstić information content (AvgIpc) is 3.92. The molecular weight excluding hydrogens is 1060 g/mol. The maximum atomic E-state index is 6.75. The first-order valence-electron chi connectivity index (χ1n) is 24.7. The Bertz CT molecular complexity index is 3910. The standard InChI is InChI=1S/C66H56N4O.Pt/c1-64(2,3)44-30-27-42(28-31-44)43-29-33-51-49-19-10-11-20-50(49)54-23-16-26-59-63(54)69(62-55(56(51)37-43)22-15-24-57(62)66(7,8)9)41-68(59)46-17-14-18-47(39-46)71-48-32-34-53-52-21-12-13-25-58(52)70(60(53)40-48)61-38-45(35-36-67-61)65(4,5)6;/h10-38H,1-9H3;/q-2;. The van der Waals surface area contributed by atoms with Gasteiger partial charge in [0.2, 0.25) is 0 Å². The molecule has 0 radical (unpaired) electrons. The largest absolute Gasteiger partial charge is 0.510 e. The van der Waals surface area contributed by atoms with Gasteiger partial charge in [0.1, 0.15) is 5.82 Å². The van der Waals surface area contributed by atoms with Gasteiger partial charge in [0, 0.05) is 44.3 Å². The molecular formula is C66H56N4OPt-2. The van der Waals surface area contributed by atoms with E-state index >= 15 is 0 Å². The van der Waals surface area contributed by atoms with Gasteiger partial charge in [-0.05, 0) is 113 Å². The van der Waals surface area contributed by atoms with Gasteiger partial charge in [-0.25, -0.2) is 4.98 Å². The summed E-state index contributed by atoms with van der Waals surface area (Å²) in [5.74, 6) is 2.01. The van der Waals surface area contributed by atoms with Gasteiger partial charge in [0.05, 0.1) is 16.7 Å². The van der Waals surface area contributed by atoms with Crippen molar-refractivity contribution in [1.82, 2.24) is 14.1 Å². The molecule has 0 bridgehead atoms. The minimum absolute atomic E-state index is 0. The average molecular weight is 1120 g/mol. The van der Waals surface area contributed by atoms with Gasteiger partial charge in [-0.3, -0.25) is 4.57 Å². The maximum absolute atomic E-state index is 6.75. The molecule has 0 unspecified atom stereocenters. The number of hydrogen-bond acceptors (Lipinski definition) is 2. The summed E-state index contributed by atoms with van der Waals surface area (Å²) in [7, 11) is 0. The summed E-state index contributed by atoms with van der Waals surface area (Å²) in [6.07, 6.45) is 5.84. The van der Waals surface area contributed by atoms with E-state index in [4.69, 9.17) is 9.72 Å². The first-order valence-corrected chi connectivity index (χ1v) is 24.7. The summed E-state index contributed by atoms with van der Waals surface area (Å²) in [4.78, 5) is 4.89. The molecule has 11 aromatic rings. The van der Waals surface area contributed by atoms with Crippen molar-refractivity contribution in [2.24, 2.45) is 0 Å². The zero-order valence-electron chi connectivity index (χ0n) is 42.3. The Kier molecular flexibility index (Phi) is 11.4. The predicted octanol–water partition coefficient (Wildman–Crippen LogP) is 16.5. The Balaban J connectivity index is 0.00000560. The van der Waals surface area contributed by atoms with Crippen LogP contribution >= 0.6 is 0 Å². The summed E-state index contributed by atoms with van der Waals surface area (Å²) in [5.41, 5.74) is 18.9. The molecule has 4 heterocycles. The maximum Gasteiger partial charge on any atom is 0.268 e. The van der Waals surface area contributed by atoms with E-state index in [1.54, 1.807) is 0 Å². The third-order valence-electron chi connectivity index (χ3n) is 14.3. The van der Waals surface area contributed by atoms with Crippen LogP contribution in [0, 0.1) is 18.5 Å². The van der Waals surface area contributed by atoms with Crippen LogP contribution in [-0.2, 0) is 37.3 Å². The molecule has 0 atom stereocenters. The number of benzene rings is 8. The van der Waals surface area contributed by atoms with Crippen molar-refractivity contribution in [3.8, 4) is 73.2 Å². The van der Waals surface area contributed by atoms with Crippen LogP contribution in [0.1, 0.15) is 79.0 Å². The molecule has 358 valence electrons. The van der Waals surface area contributed by atoms with Crippen molar-refractivity contribution < 1.29 is 30.4 Å². The Labute approximate surface area is 437 Å². The second kappa shape index (κ2) is 17.5. The van der Waals surface area contributed by atoms with E-state index in [0.29, 0.717) is 11.5 Å². The van der Waals surface area contributed by atoms with Crippen molar-refractivity contribution >= 4 is 32.8 Å². The van der Waals surface area contributed by atoms with E-state index in [9.17, 15) is 0 Å². The number of ether oxygens (including phenoxy) is 1. The number of pyridine rings is 1. The molecule has 3 aromatic heterocycles. The third-order valence-corrected chi connectivity index (χ3v) is 14.3. The topological polar surface area (TPSA) is 35.9 Å². The van der Waals surface area contributed by atoms with Crippen molar-refractivity contribution in [2.75, 3.05) is 0 Å². The quantitative estimate of drug-likeness (QED) is 0.127. The SMILES string of the molecule is CC(C)(C)c1ccc(-c2ccc3c(c2)-c2cccc(C(C)(C)C)c2-[n+]2[c-]n(-c4[c-]c(Oc5[c-]c6c(cc5)c5ccccc5n6-c5cc(C(C)(C)C)ccn5)ccc4)c4cccc(c42)-c2ccccc2-3)cc1.[Pt]. The minimum Gasteiger partial charge on any atom is -0.510 e. The zero-order valence-corrected chi connectivity index (χ0v) is 44.5. The summed E-state index contributed by atoms with van der Waals surface area (Å²) in [6.45, 7) is 20.4. The van der Waals surface area contributed by atoms with Crippen molar-refractivity contribution in [1.29, 1.82) is 0 Å². The van der Waals surface area contributed by atoms with Crippen molar-refractivity contribution in [3.63, 3.8) is 0 Å². The molecule has 6 heteroatoms. The van der Waals surface area contributed by atoms with Gasteiger partial charge >= 0.3 is 0 Å². The normalized spacial score (nSPS) is 12.4. The summed E-state index contributed by atoms with van der Waals surface area (Å²) in [6, 6.07) is 68.7. The number of fused-ring (bicyclic) bond motifs is 10. The number of aromatic nitrogens is 4. The van der Waals surface area contributed by atoms with Gasteiger partial charge in [0.25, 0.3) is 6.33 Å². The fraction of sp³-hybridized carbons (Fsp3) is 0.182. The molecule has 12 rings (SSSR count). The van der Waals surface area contributed by atoms with Crippen LogP contribution in [0.2, 0.25) is 0 Å². The summed E-state index contributed by atoms with van der Waals surface area (Å²) >= 11 is 0. The van der Waals surface area contributed by atoms with Gasteiger partial charge in [-0.2, -0.15) is 18.2 Å². The van der Waals surface area contributed by atoms with E-state index in [1.807, 2.05) is 24.4 Å². The van der Waals surface area contributed by atoms with E-state index in [0.717, 1.165) is 66.7 Å². The molecule has 0 fully saturated rings. The zero-order chi connectivity index (χ0) is 49.0. The Morgan fingerprint density at radius 2 is 1.12 bits per heavy atom. The van der Waals surface area contributed by atoms with Gasteiger partial charge in [-0.1, -0.05) is 183 Å². The number of hydrogen-bond donors (Lipinski definition) is 0. The molecule has 0 aliphatic carbocycles. The van der Waals surface area contributed by atoms with Gasteiger partial charge in [0.15, 0.2) is 0 Å². The molecule has 0 amide bonds. The van der Waals surface area contributed by atoms with Crippen LogP contribution in [0.15, 0.2) is 176 Å². The first-order chi connectivity index (χ1) is 34.1. The molecule has 1 aliphatic heterocycles. The van der Waals surface area contributed by atoms with E-state index < -0.39 is 0 Å². The molecule has 72 heavy (non-hydrogen) atoms. The monoisotopic (exact) mass is 1120 g/mol. The molecule has 0 spiro atoms. The predicted molar refractivity (Wildman–Crippen MR) is 291 cm³/mol. The molecule has 0 saturated carbocycles. The van der Waals surface area contributed by atoms with E-state index in [2.05, 4.69) is 246 Å². The molecule has 5 nitrogen and oxygen atoms in total. The van der Waals surface area contributed by atoms with Gasteiger partial charge < -0.3 is 13.9 Å². The van der Waals surface area contributed by atoms with Crippen LogP contribution in [-0.4, -0.2) is 14.1 Å². The number of imidazole rings is 1. The Morgan fingerprint density at radius 1 is 0.486 bits per heavy atom. The third kappa shape index (κ3) is 7.99. The van der Waals surface area contributed by atoms with Crippen LogP contribution < -0.4 is 9.30 Å². The Morgan fingerprint density at radius 3 is 1.89 bits per heavy atom. The number of nitrogens with zero attached hydrogens (tertiary/aromatic N) is 4. The number of para-hydroxylation sites is 3. The molecule has 0 N–H and O–H groups in total. The van der Waals surface area contributed by atoms with E-state index in [-0.39, 0.29) is 37.3 Å². The Hall–Kier alpha value is -7.33. The summed E-state index contributed by atoms with van der Waals surface area (Å²) < 4.78 is 13.4. The smallest absolute Gasteiger partial charge is 0.268 e. The van der Waals surface area contributed by atoms with Crippen LogP contribution in [0.5, 0.6) is 11.5 Å². The number of rotatable bonds is 5. The molecule has 1 aliphatic rings. The van der Waals surface area contributed by atoms with Crippen LogP contribution in [0.25, 0.3) is 94.5 Å². The second-order valence-corrected chi connectivity index (χ2v) is 22.1. The van der Waals surface area contributed by atoms with Crippen LogP contribution in [0.3, 0.4) is 0 Å². The first kappa shape index (κ1) is 47.0. The molecule has 0 saturated heterocycles. The van der Waals surface area contributed by atoms with E-state index in [1.165, 1.54) is 44.5 Å². The van der Waals surface area contributed by atoms with Crippen molar-refractivity contribution in [3.05, 3.63) is 211 Å². The fourth-order valence-corrected chi connectivity index (χ4v) is 10.5.